The molecule has 1 N–H and O–H groups in total. The Morgan fingerprint density at radius 3 is 2.81 bits per heavy atom. The molecule has 6 heteroatoms. The van der Waals surface area contributed by atoms with E-state index in [0.29, 0.717) is 5.75 Å². The molecule has 1 atom stereocenters. The lowest BCUT2D eigenvalue weighted by molar-refractivity contribution is 0.104. The van der Waals surface area contributed by atoms with Crippen LogP contribution in [0.15, 0.2) is 36.5 Å². The molecule has 0 radical (unpaired) electrons. The first-order valence-corrected chi connectivity index (χ1v) is 9.25. The normalized spacial score (nSPS) is 15.9. The largest absolute Gasteiger partial charge is 0.513 e. The fourth-order valence-corrected chi connectivity index (χ4v) is 3.61. The van der Waals surface area contributed by atoms with Gasteiger partial charge in [0.05, 0.1) is 30.2 Å². The minimum absolute atomic E-state index is 0.192. The number of carbonyl (C=O) groups is 1. The molecule has 140 valence electrons. The molecular formula is C21H23N3O3. The summed E-state index contributed by atoms with van der Waals surface area (Å²) in [5.74, 6) is 0.524. The monoisotopic (exact) mass is 365 g/mol. The number of pyridine rings is 1. The number of aryl methyl sites for hydroxylation is 2. The topological polar surface area (TPSA) is 64.9 Å². The van der Waals surface area contributed by atoms with Gasteiger partial charge in [0.25, 0.3) is 0 Å². The van der Waals surface area contributed by atoms with Gasteiger partial charge >= 0.3 is 6.16 Å². The van der Waals surface area contributed by atoms with E-state index in [2.05, 4.69) is 17.4 Å². The molecule has 0 unspecified atom stereocenters. The number of imidazole rings is 1. The molecule has 0 amide bonds. The van der Waals surface area contributed by atoms with E-state index in [1.54, 1.807) is 6.92 Å². The van der Waals surface area contributed by atoms with Crippen LogP contribution in [-0.2, 0) is 11.2 Å². The van der Waals surface area contributed by atoms with Gasteiger partial charge in [-0.25, -0.2) is 9.78 Å². The van der Waals surface area contributed by atoms with E-state index < -0.39 is 6.16 Å². The molecule has 27 heavy (non-hydrogen) atoms. The number of ether oxygens (including phenoxy) is 2. The van der Waals surface area contributed by atoms with Crippen LogP contribution in [0.4, 0.5) is 10.5 Å². The molecule has 1 aromatic carbocycles. The molecule has 0 saturated carbocycles. The highest BCUT2D eigenvalue weighted by atomic mass is 16.7. The number of benzene rings is 1. The SMILES string of the molecule is CCOC(=O)Oc1cn2c(C)c(C)nc2c2c1CC[C@@H](c1ccccc1)N2. The molecule has 3 heterocycles. The Morgan fingerprint density at radius 1 is 1.30 bits per heavy atom. The van der Waals surface area contributed by atoms with Crippen LogP contribution in [0.5, 0.6) is 5.75 Å². The molecule has 2 aromatic heterocycles. The van der Waals surface area contributed by atoms with Gasteiger partial charge in [0.2, 0.25) is 0 Å². The average molecular weight is 365 g/mol. The van der Waals surface area contributed by atoms with Gasteiger partial charge in [-0.15, -0.1) is 0 Å². The van der Waals surface area contributed by atoms with Crippen molar-refractivity contribution >= 4 is 17.5 Å². The second kappa shape index (κ2) is 6.95. The van der Waals surface area contributed by atoms with Crippen LogP contribution in [0.3, 0.4) is 0 Å². The highest BCUT2D eigenvalue weighted by Crippen LogP contribution is 2.40. The van der Waals surface area contributed by atoms with Crippen molar-refractivity contribution in [2.75, 3.05) is 11.9 Å². The number of nitrogens with one attached hydrogen (secondary N) is 1. The van der Waals surface area contributed by atoms with Crippen molar-refractivity contribution < 1.29 is 14.3 Å². The Morgan fingerprint density at radius 2 is 2.07 bits per heavy atom. The Bertz CT molecular complexity index is 995. The summed E-state index contributed by atoms with van der Waals surface area (Å²) in [4.78, 5) is 16.7. The summed E-state index contributed by atoms with van der Waals surface area (Å²) in [6, 6.07) is 10.6. The number of nitrogens with zero attached hydrogens (tertiary/aromatic N) is 2. The van der Waals surface area contributed by atoms with Crippen LogP contribution in [0.1, 0.15) is 41.9 Å². The molecule has 4 rings (SSSR count). The lowest BCUT2D eigenvalue weighted by Crippen LogP contribution is -2.21. The number of hydrogen-bond acceptors (Lipinski definition) is 5. The summed E-state index contributed by atoms with van der Waals surface area (Å²) >= 11 is 0. The molecule has 0 spiro atoms. The minimum atomic E-state index is -0.682. The molecular weight excluding hydrogens is 342 g/mol. The highest BCUT2D eigenvalue weighted by molar-refractivity contribution is 5.78. The third-order valence-electron chi connectivity index (χ3n) is 5.11. The first-order valence-electron chi connectivity index (χ1n) is 9.25. The zero-order chi connectivity index (χ0) is 19.0. The minimum Gasteiger partial charge on any atom is -0.434 e. The summed E-state index contributed by atoms with van der Waals surface area (Å²) in [5.41, 5.74) is 5.95. The van der Waals surface area contributed by atoms with Gasteiger partial charge in [-0.1, -0.05) is 30.3 Å². The van der Waals surface area contributed by atoms with E-state index in [4.69, 9.17) is 14.5 Å². The van der Waals surface area contributed by atoms with E-state index in [9.17, 15) is 4.79 Å². The van der Waals surface area contributed by atoms with Gasteiger partial charge in [0.15, 0.2) is 11.4 Å². The first-order chi connectivity index (χ1) is 13.1. The van der Waals surface area contributed by atoms with Crippen LogP contribution in [0.25, 0.3) is 5.65 Å². The zero-order valence-corrected chi connectivity index (χ0v) is 15.8. The van der Waals surface area contributed by atoms with Gasteiger partial charge in [0.1, 0.15) is 0 Å². The van der Waals surface area contributed by atoms with Crippen molar-refractivity contribution in [3.63, 3.8) is 0 Å². The number of rotatable bonds is 3. The van der Waals surface area contributed by atoms with Crippen LogP contribution >= 0.6 is 0 Å². The standard InChI is InChI=1S/C21H23N3O3/c1-4-26-21(25)27-18-12-24-14(3)13(2)22-20(24)19-16(18)10-11-17(23-19)15-8-6-5-7-9-15/h5-9,12,17,23H,4,10-11H2,1-3H3/t17-/m0/s1. The van der Waals surface area contributed by atoms with Crippen LogP contribution in [0.2, 0.25) is 0 Å². The van der Waals surface area contributed by atoms with Gasteiger partial charge in [-0.05, 0) is 39.2 Å². The second-order valence-corrected chi connectivity index (χ2v) is 6.75. The van der Waals surface area contributed by atoms with Crippen molar-refractivity contribution in [2.45, 2.75) is 39.7 Å². The maximum atomic E-state index is 11.9. The molecule has 0 bridgehead atoms. The molecule has 0 saturated heterocycles. The predicted octanol–water partition coefficient (Wildman–Crippen LogP) is 4.59. The van der Waals surface area contributed by atoms with Crippen molar-refractivity contribution in [1.82, 2.24) is 9.38 Å². The molecule has 1 aliphatic rings. The quantitative estimate of drug-likeness (QED) is 0.688. The maximum absolute atomic E-state index is 11.9. The lowest BCUT2D eigenvalue weighted by atomic mass is 9.93. The highest BCUT2D eigenvalue weighted by Gasteiger charge is 2.27. The Labute approximate surface area is 158 Å². The third kappa shape index (κ3) is 3.12. The number of carbonyl (C=O) groups excluding carboxylic acids is 1. The van der Waals surface area contributed by atoms with E-state index in [1.807, 2.05) is 42.6 Å². The molecule has 6 nitrogen and oxygen atoms in total. The third-order valence-corrected chi connectivity index (χ3v) is 5.11. The van der Waals surface area contributed by atoms with Gasteiger partial charge in [-0.2, -0.15) is 0 Å². The average Bonchev–Trinajstić information content (AvgIpc) is 2.97. The predicted molar refractivity (Wildman–Crippen MR) is 103 cm³/mol. The maximum Gasteiger partial charge on any atom is 0.513 e. The fourth-order valence-electron chi connectivity index (χ4n) is 3.61. The Hall–Kier alpha value is -3.02. The number of anilines is 1. The summed E-state index contributed by atoms with van der Waals surface area (Å²) in [5, 5.41) is 3.63. The fraction of sp³-hybridized carbons (Fsp3) is 0.333. The molecule has 0 aliphatic carbocycles. The summed E-state index contributed by atoms with van der Waals surface area (Å²) < 4.78 is 12.5. The zero-order valence-electron chi connectivity index (χ0n) is 15.8. The van der Waals surface area contributed by atoms with Crippen LogP contribution in [0, 0.1) is 13.8 Å². The second-order valence-electron chi connectivity index (χ2n) is 6.75. The Balaban J connectivity index is 1.81. The van der Waals surface area contributed by atoms with Gasteiger partial charge < -0.3 is 14.8 Å². The molecule has 0 fully saturated rings. The van der Waals surface area contributed by atoms with E-state index in [0.717, 1.165) is 41.1 Å². The van der Waals surface area contributed by atoms with Crippen molar-refractivity contribution in [1.29, 1.82) is 0 Å². The molecule has 1 aliphatic heterocycles. The summed E-state index contributed by atoms with van der Waals surface area (Å²) in [6.07, 6.45) is 2.85. The van der Waals surface area contributed by atoms with Crippen molar-refractivity contribution in [3.05, 3.63) is 59.0 Å². The summed E-state index contributed by atoms with van der Waals surface area (Å²) in [7, 11) is 0. The van der Waals surface area contributed by atoms with Gasteiger partial charge in [-0.3, -0.25) is 4.40 Å². The van der Waals surface area contributed by atoms with E-state index in [-0.39, 0.29) is 12.6 Å². The van der Waals surface area contributed by atoms with Crippen molar-refractivity contribution in [2.24, 2.45) is 0 Å². The number of hydrogen-bond donors (Lipinski definition) is 1. The molecule has 3 aromatic rings. The van der Waals surface area contributed by atoms with Gasteiger partial charge in [0, 0.05) is 11.3 Å². The van der Waals surface area contributed by atoms with Crippen molar-refractivity contribution in [3.8, 4) is 5.75 Å². The first kappa shape index (κ1) is 17.4. The summed E-state index contributed by atoms with van der Waals surface area (Å²) in [6.45, 7) is 6.03. The van der Waals surface area contributed by atoms with Crippen LogP contribution in [-0.4, -0.2) is 22.1 Å². The van der Waals surface area contributed by atoms with Crippen LogP contribution < -0.4 is 10.1 Å². The smallest absolute Gasteiger partial charge is 0.434 e. The van der Waals surface area contributed by atoms with E-state index >= 15 is 0 Å². The number of aromatic nitrogens is 2. The number of fused-ring (bicyclic) bond motifs is 3. The van der Waals surface area contributed by atoms with E-state index in [1.165, 1.54) is 5.56 Å². The Kier molecular flexibility index (Phi) is 4.48. The lowest BCUT2D eigenvalue weighted by Gasteiger charge is -2.29.